The van der Waals surface area contributed by atoms with Gasteiger partial charge in [0.15, 0.2) is 0 Å². The van der Waals surface area contributed by atoms with E-state index in [0.717, 1.165) is 19.6 Å². The molecule has 122 valence electrons. The van der Waals surface area contributed by atoms with Crippen molar-refractivity contribution in [2.75, 3.05) is 26.2 Å². The summed E-state index contributed by atoms with van der Waals surface area (Å²) >= 11 is 6.13. The van der Waals surface area contributed by atoms with Gasteiger partial charge in [-0.25, -0.2) is 0 Å². The maximum atomic E-state index is 12.7. The summed E-state index contributed by atoms with van der Waals surface area (Å²) in [5, 5.41) is 4.57. The van der Waals surface area contributed by atoms with E-state index in [1.165, 1.54) is 11.8 Å². The van der Waals surface area contributed by atoms with Gasteiger partial charge in [0.2, 0.25) is 0 Å². The number of hydrogen-bond donors (Lipinski definition) is 0. The van der Waals surface area contributed by atoms with E-state index < -0.39 is 0 Å². The highest BCUT2D eigenvalue weighted by Crippen LogP contribution is 2.18. The van der Waals surface area contributed by atoms with Crippen LogP contribution in [0.15, 0.2) is 30.7 Å². The van der Waals surface area contributed by atoms with Crippen LogP contribution in [0.25, 0.3) is 0 Å². The standard InChI is InChI=1S/C16H20ClN5O/c1-2-22-15(14(17)11-19-22)16(23)21-8-6-20(7-9-21)12-13-4-3-5-18-10-13/h3-5,10-11H,2,6-9,12H2,1H3. The molecule has 0 radical (unpaired) electrons. The van der Waals surface area contributed by atoms with Crippen molar-refractivity contribution < 1.29 is 4.79 Å². The molecule has 1 saturated heterocycles. The van der Waals surface area contributed by atoms with Crippen LogP contribution in [0.4, 0.5) is 0 Å². The van der Waals surface area contributed by atoms with Crippen molar-refractivity contribution in [3.8, 4) is 0 Å². The number of aryl methyl sites for hydroxylation is 1. The molecule has 23 heavy (non-hydrogen) atoms. The number of amides is 1. The molecular weight excluding hydrogens is 314 g/mol. The summed E-state index contributed by atoms with van der Waals surface area (Å²) in [6.07, 6.45) is 5.20. The average Bonchev–Trinajstić information content (AvgIpc) is 2.96. The average molecular weight is 334 g/mol. The molecule has 2 aromatic heterocycles. The number of pyridine rings is 1. The predicted octanol–water partition coefficient (Wildman–Crippen LogP) is 1.91. The first-order chi connectivity index (χ1) is 11.2. The fourth-order valence-electron chi connectivity index (χ4n) is 2.82. The van der Waals surface area contributed by atoms with Crippen LogP contribution in [0.2, 0.25) is 5.02 Å². The predicted molar refractivity (Wildman–Crippen MR) is 88.3 cm³/mol. The van der Waals surface area contributed by atoms with E-state index in [1.54, 1.807) is 10.9 Å². The van der Waals surface area contributed by atoms with E-state index in [0.29, 0.717) is 30.4 Å². The molecule has 0 unspecified atom stereocenters. The highest BCUT2D eigenvalue weighted by molar-refractivity contribution is 6.33. The lowest BCUT2D eigenvalue weighted by atomic mass is 10.2. The first kappa shape index (κ1) is 16.0. The minimum Gasteiger partial charge on any atom is -0.335 e. The van der Waals surface area contributed by atoms with Crippen molar-refractivity contribution >= 4 is 17.5 Å². The Morgan fingerprint density at radius 2 is 2.04 bits per heavy atom. The van der Waals surface area contributed by atoms with Crippen LogP contribution < -0.4 is 0 Å². The Bertz CT molecular complexity index is 664. The van der Waals surface area contributed by atoms with Crippen molar-refractivity contribution in [2.24, 2.45) is 0 Å². The maximum Gasteiger partial charge on any atom is 0.273 e. The lowest BCUT2D eigenvalue weighted by molar-refractivity contribution is 0.0616. The first-order valence-corrected chi connectivity index (χ1v) is 8.18. The summed E-state index contributed by atoms with van der Waals surface area (Å²) in [6.45, 7) is 6.54. The number of nitrogens with zero attached hydrogens (tertiary/aromatic N) is 5. The molecule has 0 aliphatic carbocycles. The summed E-state index contributed by atoms with van der Waals surface area (Å²) in [5.74, 6) is -0.0321. The Morgan fingerprint density at radius 1 is 1.26 bits per heavy atom. The molecule has 0 saturated carbocycles. The van der Waals surface area contributed by atoms with Gasteiger partial charge in [-0.05, 0) is 18.6 Å². The van der Waals surface area contributed by atoms with E-state index in [1.807, 2.05) is 24.1 Å². The Morgan fingerprint density at radius 3 is 2.70 bits per heavy atom. The van der Waals surface area contributed by atoms with Crippen molar-refractivity contribution in [1.82, 2.24) is 24.6 Å². The van der Waals surface area contributed by atoms with Crippen LogP contribution >= 0.6 is 11.6 Å². The zero-order valence-electron chi connectivity index (χ0n) is 13.2. The molecule has 3 heterocycles. The zero-order chi connectivity index (χ0) is 16.2. The molecule has 1 amide bonds. The smallest absolute Gasteiger partial charge is 0.273 e. The van der Waals surface area contributed by atoms with E-state index in [4.69, 9.17) is 11.6 Å². The molecule has 0 spiro atoms. The third kappa shape index (κ3) is 3.54. The Labute approximate surface area is 140 Å². The number of piperazine rings is 1. The molecule has 1 fully saturated rings. The van der Waals surface area contributed by atoms with E-state index in [9.17, 15) is 4.79 Å². The fraction of sp³-hybridized carbons (Fsp3) is 0.438. The molecule has 6 nitrogen and oxygen atoms in total. The van der Waals surface area contributed by atoms with Gasteiger partial charge in [-0.2, -0.15) is 5.10 Å². The van der Waals surface area contributed by atoms with Gasteiger partial charge in [0.1, 0.15) is 5.69 Å². The van der Waals surface area contributed by atoms with Gasteiger partial charge < -0.3 is 4.90 Å². The monoisotopic (exact) mass is 333 g/mol. The van der Waals surface area contributed by atoms with E-state index in [2.05, 4.69) is 21.0 Å². The van der Waals surface area contributed by atoms with Gasteiger partial charge in [-0.1, -0.05) is 17.7 Å². The van der Waals surface area contributed by atoms with E-state index in [-0.39, 0.29) is 5.91 Å². The highest BCUT2D eigenvalue weighted by Gasteiger charge is 2.26. The van der Waals surface area contributed by atoms with E-state index >= 15 is 0 Å². The fourth-order valence-corrected chi connectivity index (χ4v) is 3.05. The van der Waals surface area contributed by atoms with Crippen LogP contribution in [0.5, 0.6) is 0 Å². The maximum absolute atomic E-state index is 12.7. The normalized spacial score (nSPS) is 15.8. The molecule has 2 aromatic rings. The van der Waals surface area contributed by atoms with Crippen LogP contribution in [0, 0.1) is 0 Å². The number of halogens is 1. The highest BCUT2D eigenvalue weighted by atomic mass is 35.5. The van der Waals surface area contributed by atoms with Gasteiger partial charge in [0, 0.05) is 51.7 Å². The van der Waals surface area contributed by atoms with Gasteiger partial charge in [0.05, 0.1) is 11.2 Å². The number of carbonyl (C=O) groups excluding carboxylic acids is 1. The first-order valence-electron chi connectivity index (χ1n) is 7.81. The minimum atomic E-state index is -0.0321. The summed E-state index contributed by atoms with van der Waals surface area (Å²) < 4.78 is 1.66. The van der Waals surface area contributed by atoms with Gasteiger partial charge >= 0.3 is 0 Å². The number of hydrogen-bond acceptors (Lipinski definition) is 4. The Kier molecular flexibility index (Phi) is 4.93. The quantitative estimate of drug-likeness (QED) is 0.857. The van der Waals surface area contributed by atoms with Crippen LogP contribution in [0.3, 0.4) is 0 Å². The Balaban J connectivity index is 1.60. The second kappa shape index (κ2) is 7.10. The summed E-state index contributed by atoms with van der Waals surface area (Å²) in [4.78, 5) is 21.0. The third-order valence-corrected chi connectivity index (χ3v) is 4.36. The van der Waals surface area contributed by atoms with Crippen LogP contribution in [-0.4, -0.2) is 56.7 Å². The number of aromatic nitrogens is 3. The summed E-state index contributed by atoms with van der Waals surface area (Å²) in [6, 6.07) is 4.02. The van der Waals surface area contributed by atoms with Gasteiger partial charge in [0.25, 0.3) is 5.91 Å². The van der Waals surface area contributed by atoms with Gasteiger partial charge in [-0.3, -0.25) is 19.4 Å². The molecule has 0 N–H and O–H groups in total. The third-order valence-electron chi connectivity index (χ3n) is 4.09. The number of carbonyl (C=O) groups is 1. The lowest BCUT2D eigenvalue weighted by Gasteiger charge is -2.34. The van der Waals surface area contributed by atoms with Crippen molar-refractivity contribution in [2.45, 2.75) is 20.0 Å². The van der Waals surface area contributed by atoms with Crippen LogP contribution in [-0.2, 0) is 13.1 Å². The molecule has 0 atom stereocenters. The molecule has 7 heteroatoms. The second-order valence-electron chi connectivity index (χ2n) is 5.59. The Hall–Kier alpha value is -1.92. The molecule has 0 bridgehead atoms. The largest absolute Gasteiger partial charge is 0.335 e. The molecule has 1 aliphatic heterocycles. The second-order valence-corrected chi connectivity index (χ2v) is 5.99. The topological polar surface area (TPSA) is 54.3 Å². The van der Waals surface area contributed by atoms with Gasteiger partial charge in [-0.15, -0.1) is 0 Å². The van der Waals surface area contributed by atoms with Crippen molar-refractivity contribution in [1.29, 1.82) is 0 Å². The van der Waals surface area contributed by atoms with Crippen LogP contribution in [0.1, 0.15) is 23.0 Å². The molecular formula is C16H20ClN5O. The molecule has 1 aliphatic rings. The lowest BCUT2D eigenvalue weighted by Crippen LogP contribution is -2.48. The molecule has 3 rings (SSSR count). The summed E-state index contributed by atoms with van der Waals surface area (Å²) in [7, 11) is 0. The van der Waals surface area contributed by atoms with Crippen molar-refractivity contribution in [3.05, 3.63) is 47.0 Å². The minimum absolute atomic E-state index is 0.0321. The zero-order valence-corrected chi connectivity index (χ0v) is 13.9. The SMILES string of the molecule is CCn1ncc(Cl)c1C(=O)N1CCN(Cc2cccnc2)CC1. The summed E-state index contributed by atoms with van der Waals surface area (Å²) in [5.41, 5.74) is 1.69. The number of rotatable bonds is 4. The molecule has 0 aromatic carbocycles. The van der Waals surface area contributed by atoms with Crippen molar-refractivity contribution in [3.63, 3.8) is 0 Å².